The van der Waals surface area contributed by atoms with Gasteiger partial charge in [0.2, 0.25) is 5.91 Å². The van der Waals surface area contributed by atoms with Crippen LogP contribution >= 0.6 is 0 Å². The fourth-order valence-electron chi connectivity index (χ4n) is 3.19. The smallest absolute Gasteiger partial charge is 0.222 e. The molecule has 0 saturated heterocycles. The molecule has 0 saturated carbocycles. The van der Waals surface area contributed by atoms with Gasteiger partial charge in [0.25, 0.3) is 0 Å². The summed E-state index contributed by atoms with van der Waals surface area (Å²) in [5, 5.41) is 1.30. The van der Waals surface area contributed by atoms with E-state index in [1.807, 2.05) is 30.1 Å². The van der Waals surface area contributed by atoms with E-state index in [0.717, 1.165) is 12.8 Å². The van der Waals surface area contributed by atoms with Crippen LogP contribution in [0.1, 0.15) is 24.0 Å². The topological polar surface area (TPSA) is 25.2 Å². The minimum Gasteiger partial charge on any atom is -0.350 e. The maximum atomic E-state index is 12.3. The highest BCUT2D eigenvalue weighted by molar-refractivity contribution is 5.84. The summed E-state index contributed by atoms with van der Waals surface area (Å²) in [6.45, 7) is 0.675. The van der Waals surface area contributed by atoms with Crippen molar-refractivity contribution in [3.63, 3.8) is 0 Å². The molecule has 0 fully saturated rings. The summed E-state index contributed by atoms with van der Waals surface area (Å²) in [6.07, 6.45) is 4.59. The van der Waals surface area contributed by atoms with Crippen LogP contribution in [0, 0.1) is 0 Å². The number of carbonyl (C=O) groups is 1. The lowest BCUT2D eigenvalue weighted by Gasteiger charge is -2.17. The average Bonchev–Trinajstić information content (AvgIpc) is 2.92. The van der Waals surface area contributed by atoms with E-state index >= 15 is 0 Å². The van der Waals surface area contributed by atoms with Gasteiger partial charge in [0, 0.05) is 44.2 Å². The highest BCUT2D eigenvalue weighted by Crippen LogP contribution is 2.22. The Morgan fingerprint density at radius 2 is 1.75 bits per heavy atom. The van der Waals surface area contributed by atoms with Crippen LogP contribution in [0.4, 0.5) is 0 Å². The number of nitrogens with zero attached hydrogens (tertiary/aromatic N) is 2. The van der Waals surface area contributed by atoms with E-state index in [2.05, 4.69) is 54.2 Å². The molecule has 0 unspecified atom stereocenters. The summed E-state index contributed by atoms with van der Waals surface area (Å²) < 4.78 is 2.16. The zero-order chi connectivity index (χ0) is 16.9. The molecule has 1 heterocycles. The number of hydrogen-bond donors (Lipinski definition) is 0. The molecule has 3 aromatic rings. The van der Waals surface area contributed by atoms with Gasteiger partial charge >= 0.3 is 0 Å². The quantitative estimate of drug-likeness (QED) is 0.669. The second kappa shape index (κ2) is 7.35. The molecule has 3 heteroatoms. The maximum absolute atomic E-state index is 12.3. The van der Waals surface area contributed by atoms with E-state index < -0.39 is 0 Å². The number of aryl methyl sites for hydroxylation is 2. The van der Waals surface area contributed by atoms with E-state index in [9.17, 15) is 4.79 Å². The summed E-state index contributed by atoms with van der Waals surface area (Å²) in [7, 11) is 3.96. The number of benzene rings is 2. The molecule has 0 N–H and O–H groups in total. The van der Waals surface area contributed by atoms with Crippen LogP contribution in [-0.2, 0) is 24.8 Å². The number of hydrogen-bond acceptors (Lipinski definition) is 1. The van der Waals surface area contributed by atoms with E-state index in [-0.39, 0.29) is 5.91 Å². The normalized spacial score (nSPS) is 10.9. The Labute approximate surface area is 143 Å². The van der Waals surface area contributed by atoms with Crippen molar-refractivity contribution in [3.8, 4) is 0 Å². The lowest BCUT2D eigenvalue weighted by Crippen LogP contribution is -2.25. The first kappa shape index (κ1) is 16.3. The first-order valence-corrected chi connectivity index (χ1v) is 8.46. The monoisotopic (exact) mass is 320 g/mol. The Morgan fingerprint density at radius 3 is 2.54 bits per heavy atom. The largest absolute Gasteiger partial charge is 0.350 e. The van der Waals surface area contributed by atoms with Crippen LogP contribution in [0.25, 0.3) is 10.9 Å². The average molecular weight is 320 g/mol. The van der Waals surface area contributed by atoms with Gasteiger partial charge < -0.3 is 9.47 Å². The molecule has 2 aromatic carbocycles. The van der Waals surface area contributed by atoms with Gasteiger partial charge in [-0.05, 0) is 30.0 Å². The minimum absolute atomic E-state index is 0.207. The maximum Gasteiger partial charge on any atom is 0.222 e. The van der Waals surface area contributed by atoms with Gasteiger partial charge in [-0.1, -0.05) is 48.5 Å². The van der Waals surface area contributed by atoms with Crippen LogP contribution in [0.3, 0.4) is 0 Å². The Bertz CT molecular complexity index is 820. The van der Waals surface area contributed by atoms with Crippen LogP contribution in [0.2, 0.25) is 0 Å². The van der Waals surface area contributed by atoms with Gasteiger partial charge in [0.1, 0.15) is 0 Å². The van der Waals surface area contributed by atoms with E-state index in [0.29, 0.717) is 13.0 Å². The first-order valence-electron chi connectivity index (χ1n) is 8.46. The van der Waals surface area contributed by atoms with E-state index in [1.165, 1.54) is 22.0 Å². The van der Waals surface area contributed by atoms with E-state index in [4.69, 9.17) is 0 Å². The van der Waals surface area contributed by atoms with Crippen molar-refractivity contribution in [2.45, 2.75) is 25.8 Å². The zero-order valence-corrected chi connectivity index (χ0v) is 14.4. The Balaban J connectivity index is 1.54. The molecule has 0 aliphatic rings. The number of carbonyl (C=O) groups excluding carboxylic acids is 1. The Hall–Kier alpha value is -2.55. The molecule has 0 aliphatic carbocycles. The highest BCUT2D eigenvalue weighted by Gasteiger charge is 2.11. The van der Waals surface area contributed by atoms with Crippen molar-refractivity contribution >= 4 is 16.8 Å². The van der Waals surface area contributed by atoms with Gasteiger partial charge in [0.05, 0.1) is 0 Å². The van der Waals surface area contributed by atoms with Crippen molar-refractivity contribution in [3.05, 3.63) is 71.9 Å². The standard InChI is InChI=1S/C21H24N2O/c1-22-16-18(19-12-6-7-13-20(19)22)11-8-14-21(24)23(2)15-17-9-4-3-5-10-17/h3-7,9-10,12-13,16H,8,11,14-15H2,1-2H3. The predicted molar refractivity (Wildman–Crippen MR) is 98.8 cm³/mol. The molecule has 1 aromatic heterocycles. The van der Waals surface area contributed by atoms with Gasteiger partial charge in [-0.25, -0.2) is 0 Å². The Kier molecular flexibility index (Phi) is 4.99. The molecule has 0 atom stereocenters. The number of aromatic nitrogens is 1. The first-order chi connectivity index (χ1) is 11.6. The molecule has 0 bridgehead atoms. The van der Waals surface area contributed by atoms with Crippen LogP contribution < -0.4 is 0 Å². The zero-order valence-electron chi connectivity index (χ0n) is 14.4. The molecule has 3 nitrogen and oxygen atoms in total. The minimum atomic E-state index is 0.207. The SMILES string of the molecule is CN(Cc1ccccc1)C(=O)CCCc1cn(C)c2ccccc12. The van der Waals surface area contributed by atoms with Crippen LogP contribution in [0.15, 0.2) is 60.8 Å². The molecule has 3 rings (SSSR count). The molecule has 124 valence electrons. The lowest BCUT2D eigenvalue weighted by molar-refractivity contribution is -0.130. The second-order valence-electron chi connectivity index (χ2n) is 6.37. The third-order valence-electron chi connectivity index (χ3n) is 4.50. The molecule has 1 amide bonds. The number of para-hydroxylation sites is 1. The summed E-state index contributed by atoms with van der Waals surface area (Å²) >= 11 is 0. The number of amides is 1. The van der Waals surface area contributed by atoms with Crippen LogP contribution in [0.5, 0.6) is 0 Å². The predicted octanol–water partition coefficient (Wildman–Crippen LogP) is 4.16. The van der Waals surface area contributed by atoms with Gasteiger partial charge in [0.15, 0.2) is 0 Å². The van der Waals surface area contributed by atoms with Crippen molar-refractivity contribution < 1.29 is 4.79 Å². The van der Waals surface area contributed by atoms with Gasteiger partial charge in [-0.2, -0.15) is 0 Å². The number of fused-ring (bicyclic) bond motifs is 1. The number of rotatable bonds is 6. The van der Waals surface area contributed by atoms with Crippen LogP contribution in [-0.4, -0.2) is 22.4 Å². The molecular weight excluding hydrogens is 296 g/mol. The summed E-state index contributed by atoms with van der Waals surface area (Å²) in [5.74, 6) is 0.207. The van der Waals surface area contributed by atoms with Crippen molar-refractivity contribution in [2.24, 2.45) is 7.05 Å². The molecular formula is C21H24N2O. The molecule has 24 heavy (non-hydrogen) atoms. The van der Waals surface area contributed by atoms with Crippen molar-refractivity contribution in [1.29, 1.82) is 0 Å². The van der Waals surface area contributed by atoms with E-state index in [1.54, 1.807) is 0 Å². The molecule has 0 aliphatic heterocycles. The summed E-state index contributed by atoms with van der Waals surface area (Å²) in [6, 6.07) is 18.6. The lowest BCUT2D eigenvalue weighted by atomic mass is 10.1. The molecule has 0 spiro atoms. The third-order valence-corrected chi connectivity index (χ3v) is 4.50. The summed E-state index contributed by atoms with van der Waals surface area (Å²) in [5.41, 5.74) is 3.74. The fraction of sp³-hybridized carbons (Fsp3) is 0.286. The highest BCUT2D eigenvalue weighted by atomic mass is 16.2. The fourth-order valence-corrected chi connectivity index (χ4v) is 3.19. The third kappa shape index (κ3) is 3.67. The van der Waals surface area contributed by atoms with Gasteiger partial charge in [-0.3, -0.25) is 4.79 Å². The second-order valence-corrected chi connectivity index (χ2v) is 6.37. The van der Waals surface area contributed by atoms with Crippen molar-refractivity contribution in [2.75, 3.05) is 7.05 Å². The Morgan fingerprint density at radius 1 is 1.04 bits per heavy atom. The summed E-state index contributed by atoms with van der Waals surface area (Å²) in [4.78, 5) is 14.1. The van der Waals surface area contributed by atoms with Crippen molar-refractivity contribution in [1.82, 2.24) is 9.47 Å². The molecule has 0 radical (unpaired) electrons. The van der Waals surface area contributed by atoms with Gasteiger partial charge in [-0.15, -0.1) is 0 Å².